The second kappa shape index (κ2) is 10.0. The number of para-hydroxylation sites is 1. The Morgan fingerprint density at radius 2 is 1.50 bits per heavy atom. The molecule has 0 saturated heterocycles. The molecule has 0 aliphatic carbocycles. The quantitative estimate of drug-likeness (QED) is 0.460. The van der Waals surface area contributed by atoms with Gasteiger partial charge in [-0.3, -0.25) is 13.8 Å². The van der Waals surface area contributed by atoms with Crippen molar-refractivity contribution < 1.29 is 21.6 Å². The summed E-state index contributed by atoms with van der Waals surface area (Å²) in [5.74, 6) is -0.573. The molecule has 0 bridgehead atoms. The summed E-state index contributed by atoms with van der Waals surface area (Å²) in [7, 11) is -7.66. The predicted molar refractivity (Wildman–Crippen MR) is 135 cm³/mol. The minimum Gasteiger partial charge on any atom is -0.324 e. The van der Waals surface area contributed by atoms with Gasteiger partial charge in [0, 0.05) is 5.69 Å². The highest BCUT2D eigenvalue weighted by Gasteiger charge is 2.29. The number of rotatable bonds is 8. The summed E-state index contributed by atoms with van der Waals surface area (Å²) >= 11 is 6.02. The Labute approximate surface area is 204 Å². The zero-order valence-electron chi connectivity index (χ0n) is 18.7. The molecule has 0 aromatic heterocycles. The van der Waals surface area contributed by atoms with Gasteiger partial charge < -0.3 is 5.32 Å². The highest BCUT2D eigenvalue weighted by molar-refractivity contribution is 7.92. The van der Waals surface area contributed by atoms with E-state index in [1.165, 1.54) is 37.3 Å². The molecule has 2 N–H and O–H groups in total. The summed E-state index contributed by atoms with van der Waals surface area (Å²) in [4.78, 5) is 12.8. The first-order chi connectivity index (χ1) is 15.9. The Hall–Kier alpha value is -3.08. The minimum atomic E-state index is -3.90. The maximum absolute atomic E-state index is 12.8. The molecule has 0 aliphatic rings. The third-order valence-electron chi connectivity index (χ3n) is 4.93. The highest BCUT2D eigenvalue weighted by atomic mass is 35.5. The number of anilines is 3. The molecule has 0 radical (unpaired) electrons. The number of amides is 1. The summed E-state index contributed by atoms with van der Waals surface area (Å²) in [5.41, 5.74) is 1.87. The van der Waals surface area contributed by atoms with Gasteiger partial charge in [0.15, 0.2) is 0 Å². The Bertz CT molecular complexity index is 1390. The lowest BCUT2D eigenvalue weighted by Crippen LogP contribution is -2.45. The average molecular weight is 522 g/mol. The Morgan fingerprint density at radius 1 is 0.912 bits per heavy atom. The fourth-order valence-electron chi connectivity index (χ4n) is 3.21. The van der Waals surface area contributed by atoms with Gasteiger partial charge in [0.1, 0.15) is 6.04 Å². The van der Waals surface area contributed by atoms with Gasteiger partial charge >= 0.3 is 0 Å². The second-order valence-electron chi connectivity index (χ2n) is 7.67. The number of aryl methyl sites for hydroxylation is 1. The van der Waals surface area contributed by atoms with Gasteiger partial charge in [-0.05, 0) is 62.4 Å². The molecule has 0 saturated carbocycles. The molecule has 0 heterocycles. The molecule has 0 aliphatic heterocycles. The molecule has 1 atom stereocenters. The number of halogens is 1. The lowest BCUT2D eigenvalue weighted by molar-refractivity contribution is -0.116. The molecular weight excluding hydrogens is 498 g/mol. The fourth-order valence-corrected chi connectivity index (χ4v) is 5.71. The van der Waals surface area contributed by atoms with E-state index >= 15 is 0 Å². The van der Waals surface area contributed by atoms with Crippen LogP contribution in [0, 0.1) is 6.92 Å². The van der Waals surface area contributed by atoms with Gasteiger partial charge in [0.05, 0.1) is 27.5 Å². The maximum Gasteiger partial charge on any atom is 0.261 e. The molecule has 34 heavy (non-hydrogen) atoms. The van der Waals surface area contributed by atoms with Crippen molar-refractivity contribution in [2.24, 2.45) is 0 Å². The van der Waals surface area contributed by atoms with Crippen LogP contribution >= 0.6 is 11.6 Å². The smallest absolute Gasteiger partial charge is 0.261 e. The van der Waals surface area contributed by atoms with Gasteiger partial charge in [0.25, 0.3) is 10.0 Å². The molecule has 11 heteroatoms. The Balaban J connectivity index is 1.77. The van der Waals surface area contributed by atoms with Crippen LogP contribution in [-0.4, -0.2) is 35.0 Å². The molecule has 8 nitrogen and oxygen atoms in total. The lowest BCUT2D eigenvalue weighted by atomic mass is 10.2. The van der Waals surface area contributed by atoms with Crippen molar-refractivity contribution in [2.45, 2.75) is 24.8 Å². The van der Waals surface area contributed by atoms with Crippen LogP contribution in [0.4, 0.5) is 17.1 Å². The summed E-state index contributed by atoms with van der Waals surface area (Å²) in [6.07, 6.45) is 1.03. The van der Waals surface area contributed by atoms with E-state index in [-0.39, 0.29) is 15.6 Å². The monoisotopic (exact) mass is 521 g/mol. The first kappa shape index (κ1) is 25.5. The van der Waals surface area contributed by atoms with E-state index in [4.69, 9.17) is 11.6 Å². The fraction of sp³-hybridized carbons (Fsp3) is 0.174. The van der Waals surface area contributed by atoms with E-state index in [1.807, 2.05) is 6.92 Å². The molecule has 0 spiro atoms. The zero-order valence-corrected chi connectivity index (χ0v) is 21.1. The standard InChI is InChI=1S/C23H24ClN3O5S2/c1-16-8-12-19(13-9-16)27(33(3,29)30)17(2)23(28)25-18-10-14-20(15-11-18)34(31,32)26-22-7-5-4-6-21(22)24/h4-15,17,26H,1-3H3,(H,25,28)/t17-/m1/s1. The summed E-state index contributed by atoms with van der Waals surface area (Å²) in [6, 6.07) is 17.7. The maximum atomic E-state index is 12.8. The van der Waals surface area contributed by atoms with Crippen LogP contribution in [0.3, 0.4) is 0 Å². The summed E-state index contributed by atoms with van der Waals surface area (Å²) in [6.45, 7) is 3.35. The van der Waals surface area contributed by atoms with E-state index in [2.05, 4.69) is 10.0 Å². The Morgan fingerprint density at radius 3 is 2.06 bits per heavy atom. The van der Waals surface area contributed by atoms with Crippen LogP contribution in [-0.2, 0) is 24.8 Å². The third kappa shape index (κ3) is 6.07. The molecular formula is C23H24ClN3O5S2. The van der Waals surface area contributed by atoms with Gasteiger partial charge in [-0.2, -0.15) is 0 Å². The molecule has 0 unspecified atom stereocenters. The molecule has 3 aromatic rings. The van der Waals surface area contributed by atoms with E-state index in [9.17, 15) is 21.6 Å². The van der Waals surface area contributed by atoms with Crippen molar-refractivity contribution in [3.8, 4) is 0 Å². The van der Waals surface area contributed by atoms with E-state index < -0.39 is 32.0 Å². The number of benzene rings is 3. The largest absolute Gasteiger partial charge is 0.324 e. The van der Waals surface area contributed by atoms with Crippen molar-refractivity contribution in [3.63, 3.8) is 0 Å². The van der Waals surface area contributed by atoms with Gasteiger partial charge in [-0.25, -0.2) is 16.8 Å². The van der Waals surface area contributed by atoms with Crippen LogP contribution in [0.2, 0.25) is 5.02 Å². The predicted octanol–water partition coefficient (Wildman–Crippen LogP) is 4.24. The van der Waals surface area contributed by atoms with Crippen LogP contribution in [0.25, 0.3) is 0 Å². The van der Waals surface area contributed by atoms with Crippen molar-refractivity contribution in [1.82, 2.24) is 0 Å². The van der Waals surface area contributed by atoms with Gasteiger partial charge in [-0.15, -0.1) is 0 Å². The molecule has 180 valence electrons. The second-order valence-corrected chi connectivity index (χ2v) is 11.6. The summed E-state index contributed by atoms with van der Waals surface area (Å²) < 4.78 is 53.6. The molecule has 3 rings (SSSR count). The van der Waals surface area contributed by atoms with Gasteiger partial charge in [-0.1, -0.05) is 41.4 Å². The van der Waals surface area contributed by atoms with Crippen LogP contribution < -0.4 is 14.3 Å². The topological polar surface area (TPSA) is 113 Å². The van der Waals surface area contributed by atoms with Crippen molar-refractivity contribution in [3.05, 3.63) is 83.4 Å². The van der Waals surface area contributed by atoms with E-state index in [1.54, 1.807) is 42.5 Å². The Kier molecular flexibility index (Phi) is 7.54. The molecule has 0 fully saturated rings. The average Bonchev–Trinajstić information content (AvgIpc) is 2.76. The number of carbonyl (C=O) groups is 1. The normalized spacial score (nSPS) is 12.6. The highest BCUT2D eigenvalue weighted by Crippen LogP contribution is 2.25. The van der Waals surface area contributed by atoms with E-state index in [0.717, 1.165) is 16.1 Å². The first-order valence-electron chi connectivity index (χ1n) is 10.1. The van der Waals surface area contributed by atoms with Crippen LogP contribution in [0.15, 0.2) is 77.7 Å². The number of hydrogen-bond acceptors (Lipinski definition) is 5. The lowest BCUT2D eigenvalue weighted by Gasteiger charge is -2.28. The molecule has 1 amide bonds. The zero-order chi connectivity index (χ0) is 25.1. The minimum absolute atomic E-state index is 0.0316. The van der Waals surface area contributed by atoms with E-state index in [0.29, 0.717) is 11.4 Å². The first-order valence-corrected chi connectivity index (χ1v) is 13.8. The van der Waals surface area contributed by atoms with Crippen molar-refractivity contribution >= 4 is 54.6 Å². The SMILES string of the molecule is Cc1ccc(N([C@H](C)C(=O)Nc2ccc(S(=O)(=O)Nc3ccccc3Cl)cc2)S(C)(=O)=O)cc1. The number of nitrogens with one attached hydrogen (secondary N) is 2. The van der Waals surface area contributed by atoms with Crippen LogP contribution in [0.1, 0.15) is 12.5 Å². The third-order valence-corrected chi connectivity index (χ3v) is 7.88. The van der Waals surface area contributed by atoms with Crippen molar-refractivity contribution in [1.29, 1.82) is 0 Å². The van der Waals surface area contributed by atoms with Crippen LogP contribution in [0.5, 0.6) is 0 Å². The number of carbonyl (C=O) groups excluding carboxylic acids is 1. The number of hydrogen-bond donors (Lipinski definition) is 2. The number of sulfonamides is 2. The molecule has 3 aromatic carbocycles. The summed E-state index contributed by atoms with van der Waals surface area (Å²) in [5, 5.41) is 2.89. The van der Waals surface area contributed by atoms with Gasteiger partial charge in [0.2, 0.25) is 15.9 Å². The van der Waals surface area contributed by atoms with Crippen molar-refractivity contribution in [2.75, 3.05) is 20.6 Å². The number of nitrogens with zero attached hydrogens (tertiary/aromatic N) is 1.